The Bertz CT molecular complexity index is 824. The lowest BCUT2D eigenvalue weighted by atomic mass is 10.0. The molecule has 0 unspecified atom stereocenters. The van der Waals surface area contributed by atoms with Crippen LogP contribution in [0, 0.1) is 5.92 Å². The standard InChI is InChI=1S/C17H18ClF2NO3S/c1-11(2)9-12-3-6-14(7-4-12)25(22,23)21-13-5-8-16(15(18)10-13)24-17(19)20/h3-8,10-11,17,21H,9H2,1-2H3. The second-order valence-electron chi connectivity index (χ2n) is 5.87. The van der Waals surface area contributed by atoms with Crippen molar-refractivity contribution < 1.29 is 21.9 Å². The van der Waals surface area contributed by atoms with Crippen molar-refractivity contribution in [2.75, 3.05) is 4.72 Å². The van der Waals surface area contributed by atoms with Crippen LogP contribution in [0.2, 0.25) is 5.02 Å². The Morgan fingerprint density at radius 2 is 1.76 bits per heavy atom. The molecule has 0 atom stereocenters. The van der Waals surface area contributed by atoms with Crippen LogP contribution in [0.5, 0.6) is 5.75 Å². The summed E-state index contributed by atoms with van der Waals surface area (Å²) < 4.78 is 55.8. The highest BCUT2D eigenvalue weighted by Crippen LogP contribution is 2.30. The molecule has 2 aromatic carbocycles. The van der Waals surface area contributed by atoms with Gasteiger partial charge in [-0.1, -0.05) is 37.6 Å². The predicted octanol–water partition coefficient (Wildman–Crippen LogP) is 4.94. The van der Waals surface area contributed by atoms with Gasteiger partial charge in [0.1, 0.15) is 5.75 Å². The fourth-order valence-electron chi connectivity index (χ4n) is 2.25. The Balaban J connectivity index is 2.16. The van der Waals surface area contributed by atoms with E-state index in [1.54, 1.807) is 12.1 Å². The van der Waals surface area contributed by atoms with Gasteiger partial charge in [0.2, 0.25) is 0 Å². The van der Waals surface area contributed by atoms with Crippen molar-refractivity contribution >= 4 is 27.3 Å². The van der Waals surface area contributed by atoms with Gasteiger partial charge in [-0.25, -0.2) is 8.42 Å². The van der Waals surface area contributed by atoms with E-state index in [1.807, 2.05) is 0 Å². The first-order chi connectivity index (χ1) is 11.7. The average Bonchev–Trinajstić information content (AvgIpc) is 2.49. The molecule has 0 saturated heterocycles. The largest absolute Gasteiger partial charge is 0.433 e. The van der Waals surface area contributed by atoms with Gasteiger partial charge < -0.3 is 4.74 Å². The normalized spacial score (nSPS) is 11.8. The van der Waals surface area contributed by atoms with Gasteiger partial charge in [-0.2, -0.15) is 8.78 Å². The van der Waals surface area contributed by atoms with Crippen LogP contribution in [-0.2, 0) is 16.4 Å². The van der Waals surface area contributed by atoms with Gasteiger partial charge in [0, 0.05) is 0 Å². The van der Waals surface area contributed by atoms with Gasteiger partial charge in [-0.15, -0.1) is 0 Å². The molecule has 8 heteroatoms. The van der Waals surface area contributed by atoms with Crippen molar-refractivity contribution in [3.05, 3.63) is 53.1 Å². The Morgan fingerprint density at radius 3 is 2.28 bits per heavy atom. The minimum Gasteiger partial charge on any atom is -0.433 e. The molecule has 25 heavy (non-hydrogen) atoms. The van der Waals surface area contributed by atoms with Crippen LogP contribution in [0.4, 0.5) is 14.5 Å². The smallest absolute Gasteiger partial charge is 0.387 e. The molecule has 0 saturated carbocycles. The molecule has 2 rings (SSSR count). The van der Waals surface area contributed by atoms with Gasteiger partial charge in [0.05, 0.1) is 15.6 Å². The molecule has 0 aliphatic carbocycles. The Kier molecular flexibility index (Phi) is 6.24. The van der Waals surface area contributed by atoms with Crippen LogP contribution in [-0.4, -0.2) is 15.0 Å². The van der Waals surface area contributed by atoms with E-state index in [2.05, 4.69) is 23.3 Å². The molecule has 4 nitrogen and oxygen atoms in total. The van der Waals surface area contributed by atoms with Crippen molar-refractivity contribution in [2.45, 2.75) is 31.8 Å². The third-order valence-corrected chi connectivity index (χ3v) is 4.97. The highest BCUT2D eigenvalue weighted by Gasteiger charge is 2.16. The Hall–Kier alpha value is -1.86. The third kappa shape index (κ3) is 5.57. The van der Waals surface area contributed by atoms with E-state index >= 15 is 0 Å². The lowest BCUT2D eigenvalue weighted by molar-refractivity contribution is -0.0497. The minimum atomic E-state index is -3.81. The topological polar surface area (TPSA) is 55.4 Å². The summed E-state index contributed by atoms with van der Waals surface area (Å²) >= 11 is 5.82. The summed E-state index contributed by atoms with van der Waals surface area (Å²) in [6.45, 7) is 1.15. The van der Waals surface area contributed by atoms with Gasteiger partial charge in [-0.05, 0) is 48.2 Å². The number of halogens is 3. The van der Waals surface area contributed by atoms with Crippen LogP contribution >= 0.6 is 11.6 Å². The van der Waals surface area contributed by atoms with Crippen LogP contribution in [0.3, 0.4) is 0 Å². The highest BCUT2D eigenvalue weighted by atomic mass is 35.5. The van der Waals surface area contributed by atoms with E-state index in [1.165, 1.54) is 30.3 Å². The summed E-state index contributed by atoms with van der Waals surface area (Å²) in [5.74, 6) is 0.245. The molecule has 0 radical (unpaired) electrons. The number of alkyl halides is 2. The lowest BCUT2D eigenvalue weighted by Gasteiger charge is -2.11. The summed E-state index contributed by atoms with van der Waals surface area (Å²) in [7, 11) is -3.81. The number of benzene rings is 2. The van der Waals surface area contributed by atoms with Gasteiger partial charge in [0.15, 0.2) is 0 Å². The van der Waals surface area contributed by atoms with E-state index in [9.17, 15) is 17.2 Å². The number of anilines is 1. The number of ether oxygens (including phenoxy) is 1. The number of sulfonamides is 1. The average molecular weight is 390 g/mol. The van der Waals surface area contributed by atoms with Crippen LogP contribution < -0.4 is 9.46 Å². The molecular formula is C17H18ClF2NO3S. The number of hydrogen-bond acceptors (Lipinski definition) is 3. The first-order valence-corrected chi connectivity index (χ1v) is 9.39. The highest BCUT2D eigenvalue weighted by molar-refractivity contribution is 7.92. The van der Waals surface area contributed by atoms with Crippen molar-refractivity contribution in [3.8, 4) is 5.75 Å². The molecule has 0 heterocycles. The van der Waals surface area contributed by atoms with E-state index in [4.69, 9.17) is 11.6 Å². The maximum absolute atomic E-state index is 12.4. The van der Waals surface area contributed by atoms with Crippen LogP contribution in [0.1, 0.15) is 19.4 Å². The van der Waals surface area contributed by atoms with Gasteiger partial charge in [-0.3, -0.25) is 4.72 Å². The van der Waals surface area contributed by atoms with Crippen LogP contribution in [0.15, 0.2) is 47.4 Å². The molecule has 1 N–H and O–H groups in total. The second-order valence-corrected chi connectivity index (χ2v) is 7.96. The molecular weight excluding hydrogens is 372 g/mol. The molecule has 0 aromatic heterocycles. The molecule has 0 bridgehead atoms. The Morgan fingerprint density at radius 1 is 1.12 bits per heavy atom. The zero-order chi connectivity index (χ0) is 18.6. The molecule has 0 spiro atoms. The van der Waals surface area contributed by atoms with Crippen molar-refractivity contribution in [1.29, 1.82) is 0 Å². The molecule has 0 amide bonds. The summed E-state index contributed by atoms with van der Waals surface area (Å²) in [6.07, 6.45) is 0.856. The van der Waals surface area contributed by atoms with E-state index in [0.29, 0.717) is 5.92 Å². The fourth-order valence-corrected chi connectivity index (χ4v) is 3.52. The monoisotopic (exact) mass is 389 g/mol. The third-order valence-electron chi connectivity index (χ3n) is 3.28. The van der Waals surface area contributed by atoms with Gasteiger partial charge in [0.25, 0.3) is 10.0 Å². The SMILES string of the molecule is CC(C)Cc1ccc(S(=O)(=O)Nc2ccc(OC(F)F)c(Cl)c2)cc1. The fraction of sp³-hybridized carbons (Fsp3) is 0.294. The lowest BCUT2D eigenvalue weighted by Crippen LogP contribution is -2.13. The number of nitrogens with one attached hydrogen (secondary N) is 1. The van der Waals surface area contributed by atoms with Crippen molar-refractivity contribution in [1.82, 2.24) is 0 Å². The maximum atomic E-state index is 12.4. The van der Waals surface area contributed by atoms with Crippen molar-refractivity contribution in [3.63, 3.8) is 0 Å². The van der Waals surface area contributed by atoms with Gasteiger partial charge >= 0.3 is 6.61 Å². The zero-order valence-corrected chi connectivity index (χ0v) is 15.2. The summed E-state index contributed by atoms with van der Waals surface area (Å²) in [4.78, 5) is 0.101. The maximum Gasteiger partial charge on any atom is 0.387 e. The summed E-state index contributed by atoms with van der Waals surface area (Å²) in [5, 5.41) is -0.118. The van der Waals surface area contributed by atoms with Crippen LogP contribution in [0.25, 0.3) is 0 Å². The molecule has 2 aromatic rings. The molecule has 0 aliphatic heterocycles. The quantitative estimate of drug-likeness (QED) is 0.729. The van der Waals surface area contributed by atoms with Crippen molar-refractivity contribution in [2.24, 2.45) is 5.92 Å². The second kappa shape index (κ2) is 8.01. The van der Waals surface area contributed by atoms with E-state index in [0.717, 1.165) is 12.0 Å². The van der Waals surface area contributed by atoms with E-state index < -0.39 is 16.6 Å². The predicted molar refractivity (Wildman–Crippen MR) is 93.9 cm³/mol. The first-order valence-electron chi connectivity index (χ1n) is 7.53. The molecule has 0 aliphatic rings. The zero-order valence-electron chi connectivity index (χ0n) is 13.7. The first kappa shape index (κ1) is 19.5. The summed E-state index contributed by atoms with van der Waals surface area (Å²) in [5.41, 5.74) is 1.20. The molecule has 0 fully saturated rings. The Labute approximate surface area is 150 Å². The minimum absolute atomic E-state index is 0.101. The number of hydrogen-bond donors (Lipinski definition) is 1. The molecule has 136 valence electrons. The summed E-state index contributed by atoms with van der Waals surface area (Å²) in [6, 6.07) is 10.3. The number of rotatable bonds is 7. The van der Waals surface area contributed by atoms with E-state index in [-0.39, 0.29) is 21.4 Å².